The molecule has 3 rings (SSSR count). The molecule has 102 valence electrons. The molecule has 0 spiro atoms. The maximum Gasteiger partial charge on any atom is 0.0474 e. The van der Waals surface area contributed by atoms with E-state index in [0.717, 1.165) is 13.1 Å². The van der Waals surface area contributed by atoms with Crippen molar-refractivity contribution < 1.29 is 0 Å². The molecule has 0 saturated heterocycles. The van der Waals surface area contributed by atoms with E-state index in [1.807, 2.05) is 11.3 Å². The third kappa shape index (κ3) is 3.04. The third-order valence-electron chi connectivity index (χ3n) is 3.38. The van der Waals surface area contributed by atoms with Gasteiger partial charge in [0.15, 0.2) is 0 Å². The van der Waals surface area contributed by atoms with Gasteiger partial charge in [0.25, 0.3) is 0 Å². The molecule has 1 aromatic heterocycles. The molecular weight excluding hydrogens is 286 g/mol. The minimum Gasteiger partial charge on any atom is -0.309 e. The molecule has 0 aliphatic heterocycles. The Bertz CT molecular complexity index is 688. The van der Waals surface area contributed by atoms with Gasteiger partial charge < -0.3 is 5.32 Å². The summed E-state index contributed by atoms with van der Waals surface area (Å²) in [5, 5.41) is 7.12. The molecular formula is C17H16ClNS. The largest absolute Gasteiger partial charge is 0.309 e. The fourth-order valence-corrected chi connectivity index (χ4v) is 3.40. The number of nitrogens with one attached hydrogen (secondary N) is 1. The smallest absolute Gasteiger partial charge is 0.0474 e. The van der Waals surface area contributed by atoms with Crippen LogP contribution in [-0.2, 0) is 19.0 Å². The van der Waals surface area contributed by atoms with E-state index in [-0.39, 0.29) is 0 Å². The summed E-state index contributed by atoms with van der Waals surface area (Å²) < 4.78 is 1.36. The summed E-state index contributed by atoms with van der Waals surface area (Å²) in [7, 11) is 0. The van der Waals surface area contributed by atoms with Crippen molar-refractivity contribution in [1.82, 2.24) is 5.32 Å². The quantitative estimate of drug-likeness (QED) is 0.659. The lowest BCUT2D eigenvalue weighted by Crippen LogP contribution is -2.12. The first kappa shape index (κ1) is 13.6. The SMILES string of the molecule is ClCc1ccc(CNCc2csc3ccccc23)cc1. The van der Waals surface area contributed by atoms with Gasteiger partial charge in [-0.05, 0) is 33.5 Å². The Labute approximate surface area is 128 Å². The Balaban J connectivity index is 1.62. The number of halogens is 1. The zero-order valence-corrected chi connectivity index (χ0v) is 12.7. The number of benzene rings is 2. The van der Waals surface area contributed by atoms with E-state index in [0.29, 0.717) is 5.88 Å². The minimum atomic E-state index is 0.578. The Hall–Kier alpha value is -1.35. The van der Waals surface area contributed by atoms with Gasteiger partial charge in [0.2, 0.25) is 0 Å². The van der Waals surface area contributed by atoms with Crippen LogP contribution >= 0.6 is 22.9 Å². The molecule has 1 N–H and O–H groups in total. The molecule has 2 aromatic carbocycles. The molecule has 3 aromatic rings. The second-order valence-electron chi connectivity index (χ2n) is 4.81. The third-order valence-corrected chi connectivity index (χ3v) is 4.70. The van der Waals surface area contributed by atoms with E-state index in [4.69, 9.17) is 11.6 Å². The molecule has 0 radical (unpaired) electrons. The highest BCUT2D eigenvalue weighted by atomic mass is 35.5. The molecule has 3 heteroatoms. The molecule has 20 heavy (non-hydrogen) atoms. The lowest BCUT2D eigenvalue weighted by atomic mass is 10.1. The van der Waals surface area contributed by atoms with Crippen molar-refractivity contribution in [3.8, 4) is 0 Å². The van der Waals surface area contributed by atoms with E-state index in [1.165, 1.54) is 26.8 Å². The summed E-state index contributed by atoms with van der Waals surface area (Å²) in [5.41, 5.74) is 3.83. The van der Waals surface area contributed by atoms with E-state index in [2.05, 4.69) is 59.2 Å². The van der Waals surface area contributed by atoms with Crippen LogP contribution in [0.4, 0.5) is 0 Å². The van der Waals surface area contributed by atoms with Crippen LogP contribution in [0.3, 0.4) is 0 Å². The van der Waals surface area contributed by atoms with Crippen molar-refractivity contribution >= 4 is 33.0 Å². The van der Waals surface area contributed by atoms with Crippen molar-refractivity contribution in [2.45, 2.75) is 19.0 Å². The number of fused-ring (bicyclic) bond motifs is 1. The van der Waals surface area contributed by atoms with Gasteiger partial charge in [-0.3, -0.25) is 0 Å². The van der Waals surface area contributed by atoms with Crippen LogP contribution in [0.15, 0.2) is 53.9 Å². The maximum absolute atomic E-state index is 5.79. The monoisotopic (exact) mass is 301 g/mol. The molecule has 0 amide bonds. The summed E-state index contributed by atoms with van der Waals surface area (Å²) in [6.07, 6.45) is 0. The maximum atomic E-state index is 5.79. The van der Waals surface area contributed by atoms with Crippen molar-refractivity contribution in [3.63, 3.8) is 0 Å². The van der Waals surface area contributed by atoms with Gasteiger partial charge in [-0.2, -0.15) is 0 Å². The fourth-order valence-electron chi connectivity index (χ4n) is 2.26. The highest BCUT2D eigenvalue weighted by Gasteiger charge is 2.02. The first-order valence-corrected chi connectivity index (χ1v) is 8.08. The fraction of sp³-hybridized carbons (Fsp3) is 0.176. The number of hydrogen-bond donors (Lipinski definition) is 1. The molecule has 1 heterocycles. The second-order valence-corrected chi connectivity index (χ2v) is 5.99. The predicted molar refractivity (Wildman–Crippen MR) is 88.4 cm³/mol. The molecule has 1 nitrogen and oxygen atoms in total. The highest BCUT2D eigenvalue weighted by Crippen LogP contribution is 2.25. The number of thiophene rings is 1. The summed E-state index contributed by atoms with van der Waals surface area (Å²) in [6.45, 7) is 1.79. The normalized spacial score (nSPS) is 11.1. The van der Waals surface area contributed by atoms with Crippen molar-refractivity contribution in [3.05, 3.63) is 70.6 Å². The van der Waals surface area contributed by atoms with Gasteiger partial charge in [-0.25, -0.2) is 0 Å². The Morgan fingerprint density at radius 3 is 2.45 bits per heavy atom. The topological polar surface area (TPSA) is 12.0 Å². The van der Waals surface area contributed by atoms with Crippen molar-refractivity contribution in [1.29, 1.82) is 0 Å². The van der Waals surface area contributed by atoms with Gasteiger partial charge in [-0.1, -0.05) is 42.5 Å². The minimum absolute atomic E-state index is 0.578. The standard InChI is InChI=1S/C17H16ClNS/c18-9-13-5-7-14(8-6-13)10-19-11-15-12-20-17-4-2-1-3-16(15)17/h1-8,12,19H,9-11H2. The van der Waals surface area contributed by atoms with Gasteiger partial charge >= 0.3 is 0 Å². The van der Waals surface area contributed by atoms with Gasteiger partial charge in [0.1, 0.15) is 0 Å². The zero-order chi connectivity index (χ0) is 13.8. The van der Waals surface area contributed by atoms with E-state index in [1.54, 1.807) is 0 Å². The van der Waals surface area contributed by atoms with Crippen LogP contribution < -0.4 is 5.32 Å². The van der Waals surface area contributed by atoms with Gasteiger partial charge in [0.05, 0.1) is 0 Å². The van der Waals surface area contributed by atoms with Crippen LogP contribution in [-0.4, -0.2) is 0 Å². The predicted octanol–water partition coefficient (Wildman–Crippen LogP) is 4.93. The second kappa shape index (κ2) is 6.40. The summed E-state index contributed by atoms with van der Waals surface area (Å²) in [6, 6.07) is 17.0. The van der Waals surface area contributed by atoms with Crippen LogP contribution in [0.25, 0.3) is 10.1 Å². The van der Waals surface area contributed by atoms with Crippen LogP contribution in [0.1, 0.15) is 16.7 Å². The average Bonchev–Trinajstić information content (AvgIpc) is 2.92. The van der Waals surface area contributed by atoms with Crippen LogP contribution in [0.5, 0.6) is 0 Å². The van der Waals surface area contributed by atoms with E-state index >= 15 is 0 Å². The molecule has 0 atom stereocenters. The summed E-state index contributed by atoms with van der Waals surface area (Å²) in [5.74, 6) is 0.578. The highest BCUT2D eigenvalue weighted by molar-refractivity contribution is 7.17. The molecule has 0 fully saturated rings. The Morgan fingerprint density at radius 1 is 0.900 bits per heavy atom. The summed E-state index contributed by atoms with van der Waals surface area (Å²) in [4.78, 5) is 0. The molecule has 0 aliphatic rings. The van der Waals surface area contributed by atoms with Gasteiger partial charge in [-0.15, -0.1) is 22.9 Å². The number of rotatable bonds is 5. The Morgan fingerprint density at radius 2 is 1.65 bits per heavy atom. The number of alkyl halides is 1. The molecule has 0 unspecified atom stereocenters. The first-order chi connectivity index (χ1) is 9.86. The number of hydrogen-bond acceptors (Lipinski definition) is 2. The van der Waals surface area contributed by atoms with Crippen molar-refractivity contribution in [2.24, 2.45) is 0 Å². The molecule has 0 aliphatic carbocycles. The zero-order valence-electron chi connectivity index (χ0n) is 11.1. The Kier molecular flexibility index (Phi) is 4.36. The van der Waals surface area contributed by atoms with E-state index in [9.17, 15) is 0 Å². The van der Waals surface area contributed by atoms with Crippen LogP contribution in [0.2, 0.25) is 0 Å². The van der Waals surface area contributed by atoms with Crippen LogP contribution in [0, 0.1) is 0 Å². The molecule has 0 saturated carbocycles. The average molecular weight is 302 g/mol. The van der Waals surface area contributed by atoms with E-state index < -0.39 is 0 Å². The lowest BCUT2D eigenvalue weighted by molar-refractivity contribution is 0.697. The lowest BCUT2D eigenvalue weighted by Gasteiger charge is -2.05. The molecule has 0 bridgehead atoms. The van der Waals surface area contributed by atoms with Gasteiger partial charge in [0, 0.05) is 23.7 Å². The van der Waals surface area contributed by atoms with Crippen molar-refractivity contribution in [2.75, 3.05) is 0 Å². The summed E-state index contributed by atoms with van der Waals surface area (Å²) >= 11 is 7.60. The first-order valence-electron chi connectivity index (χ1n) is 6.66.